The minimum Gasteiger partial charge on any atom is -0.349 e. The molecule has 0 saturated heterocycles. The SMILES string of the molecule is CCN(CC)c1nc2ccc(NS(=O)(=O)c3cccc(Cl)c3C)cc2s1. The number of rotatable bonds is 6. The normalized spacial score (nSPS) is 11.7. The maximum Gasteiger partial charge on any atom is 0.262 e. The number of aromatic nitrogens is 1. The molecule has 0 aliphatic carbocycles. The van der Waals surface area contributed by atoms with Gasteiger partial charge >= 0.3 is 0 Å². The Balaban J connectivity index is 1.94. The van der Waals surface area contributed by atoms with Crippen LogP contribution in [-0.4, -0.2) is 26.5 Å². The molecule has 5 nitrogen and oxygen atoms in total. The van der Waals surface area contributed by atoms with Gasteiger partial charge in [0.25, 0.3) is 10.0 Å². The first-order valence-electron chi connectivity index (χ1n) is 8.29. The Morgan fingerprint density at radius 3 is 2.62 bits per heavy atom. The number of fused-ring (bicyclic) bond motifs is 1. The number of nitrogens with zero attached hydrogens (tertiary/aromatic N) is 2. The maximum absolute atomic E-state index is 12.7. The van der Waals surface area contributed by atoms with E-state index in [0.29, 0.717) is 16.3 Å². The lowest BCUT2D eigenvalue weighted by molar-refractivity contribution is 0.600. The lowest BCUT2D eigenvalue weighted by Gasteiger charge is -2.16. The van der Waals surface area contributed by atoms with Crippen LogP contribution in [0.2, 0.25) is 5.02 Å². The highest BCUT2D eigenvalue weighted by atomic mass is 35.5. The monoisotopic (exact) mass is 409 g/mol. The number of thiazole rings is 1. The zero-order chi connectivity index (χ0) is 18.9. The second kappa shape index (κ2) is 7.42. The van der Waals surface area contributed by atoms with E-state index in [1.54, 1.807) is 42.5 Å². The predicted molar refractivity (Wildman–Crippen MR) is 110 cm³/mol. The minimum absolute atomic E-state index is 0.179. The standard InChI is InChI=1S/C18H20ClN3O2S2/c1-4-22(5-2)18-20-15-10-9-13(11-16(15)25-18)21-26(23,24)17-8-6-7-14(19)12(17)3/h6-11,21H,4-5H2,1-3H3. The van der Waals surface area contributed by atoms with Crippen molar-refractivity contribution in [1.29, 1.82) is 0 Å². The van der Waals surface area contributed by atoms with Gasteiger partial charge in [-0.05, 0) is 56.7 Å². The molecule has 0 spiro atoms. The molecule has 138 valence electrons. The third-order valence-corrected chi connectivity index (χ3v) is 7.18. The summed E-state index contributed by atoms with van der Waals surface area (Å²) < 4.78 is 29.0. The van der Waals surface area contributed by atoms with Gasteiger partial charge in [-0.2, -0.15) is 0 Å². The molecule has 1 N–H and O–H groups in total. The van der Waals surface area contributed by atoms with E-state index in [0.717, 1.165) is 28.4 Å². The van der Waals surface area contributed by atoms with Crippen LogP contribution in [0.5, 0.6) is 0 Å². The first-order valence-corrected chi connectivity index (χ1v) is 11.0. The fourth-order valence-electron chi connectivity index (χ4n) is 2.69. The van der Waals surface area contributed by atoms with Crippen LogP contribution in [0.3, 0.4) is 0 Å². The molecule has 0 radical (unpaired) electrons. The van der Waals surface area contributed by atoms with Gasteiger partial charge in [-0.1, -0.05) is 29.0 Å². The molecule has 26 heavy (non-hydrogen) atoms. The third kappa shape index (κ3) is 3.65. The van der Waals surface area contributed by atoms with E-state index in [1.165, 1.54) is 0 Å². The van der Waals surface area contributed by atoms with Gasteiger partial charge in [-0.25, -0.2) is 13.4 Å². The van der Waals surface area contributed by atoms with E-state index < -0.39 is 10.0 Å². The van der Waals surface area contributed by atoms with Crippen molar-refractivity contribution in [2.45, 2.75) is 25.7 Å². The molecule has 0 unspecified atom stereocenters. The van der Waals surface area contributed by atoms with Crippen molar-refractivity contribution in [3.05, 3.63) is 47.0 Å². The zero-order valence-corrected chi connectivity index (χ0v) is 17.2. The number of sulfonamides is 1. The summed E-state index contributed by atoms with van der Waals surface area (Å²) in [5.41, 5.74) is 1.90. The third-order valence-electron chi connectivity index (χ3n) is 4.17. The topological polar surface area (TPSA) is 62.3 Å². The first-order chi connectivity index (χ1) is 12.4. The van der Waals surface area contributed by atoms with Crippen molar-refractivity contribution in [2.24, 2.45) is 0 Å². The van der Waals surface area contributed by atoms with Gasteiger partial charge in [-0.3, -0.25) is 4.72 Å². The van der Waals surface area contributed by atoms with Gasteiger partial charge in [0.2, 0.25) is 0 Å². The molecule has 0 atom stereocenters. The van der Waals surface area contributed by atoms with Crippen molar-refractivity contribution < 1.29 is 8.42 Å². The smallest absolute Gasteiger partial charge is 0.262 e. The number of anilines is 2. The molecule has 0 fully saturated rings. The highest BCUT2D eigenvalue weighted by Gasteiger charge is 2.19. The van der Waals surface area contributed by atoms with E-state index in [4.69, 9.17) is 11.6 Å². The summed E-state index contributed by atoms with van der Waals surface area (Å²) in [6, 6.07) is 10.2. The van der Waals surface area contributed by atoms with Crippen LogP contribution in [0.25, 0.3) is 10.2 Å². The zero-order valence-electron chi connectivity index (χ0n) is 14.8. The van der Waals surface area contributed by atoms with Crippen molar-refractivity contribution in [1.82, 2.24) is 4.98 Å². The molecular formula is C18H20ClN3O2S2. The van der Waals surface area contributed by atoms with E-state index in [2.05, 4.69) is 28.5 Å². The molecule has 2 aromatic carbocycles. The van der Waals surface area contributed by atoms with Gasteiger partial charge in [0.05, 0.1) is 20.8 Å². The lowest BCUT2D eigenvalue weighted by atomic mass is 10.2. The molecule has 0 aliphatic heterocycles. The molecule has 8 heteroatoms. The van der Waals surface area contributed by atoms with Crippen LogP contribution in [0, 0.1) is 6.92 Å². The summed E-state index contributed by atoms with van der Waals surface area (Å²) in [4.78, 5) is 6.98. The fourth-order valence-corrected chi connectivity index (χ4v) is 5.37. The van der Waals surface area contributed by atoms with E-state index in [-0.39, 0.29) is 4.90 Å². The summed E-state index contributed by atoms with van der Waals surface area (Å²) in [7, 11) is -3.71. The molecule has 0 saturated carbocycles. The second-order valence-corrected chi connectivity index (χ2v) is 8.89. The van der Waals surface area contributed by atoms with Crippen LogP contribution in [-0.2, 0) is 10.0 Å². The molecule has 3 aromatic rings. The Bertz CT molecular complexity index is 1040. The lowest BCUT2D eigenvalue weighted by Crippen LogP contribution is -2.21. The Morgan fingerprint density at radius 1 is 1.19 bits per heavy atom. The van der Waals surface area contributed by atoms with E-state index in [9.17, 15) is 8.42 Å². The summed E-state index contributed by atoms with van der Waals surface area (Å²) in [5, 5.41) is 1.37. The number of hydrogen-bond donors (Lipinski definition) is 1. The molecule has 1 heterocycles. The second-order valence-electron chi connectivity index (χ2n) is 5.82. The molecule has 0 amide bonds. The van der Waals surface area contributed by atoms with E-state index >= 15 is 0 Å². The number of nitrogens with one attached hydrogen (secondary N) is 1. The predicted octanol–water partition coefficient (Wildman–Crippen LogP) is 4.91. The van der Waals surface area contributed by atoms with Crippen molar-refractivity contribution in [3.8, 4) is 0 Å². The van der Waals surface area contributed by atoms with Crippen LogP contribution in [0.4, 0.5) is 10.8 Å². The summed E-state index contributed by atoms with van der Waals surface area (Å²) in [6.07, 6.45) is 0. The first kappa shape index (κ1) is 18.9. The highest BCUT2D eigenvalue weighted by molar-refractivity contribution is 7.92. The molecule has 0 bridgehead atoms. The minimum atomic E-state index is -3.71. The summed E-state index contributed by atoms with van der Waals surface area (Å²) >= 11 is 7.61. The van der Waals surface area contributed by atoms with Gasteiger partial charge in [0.15, 0.2) is 5.13 Å². The Hall–Kier alpha value is -1.83. The average Bonchev–Trinajstić information content (AvgIpc) is 3.01. The Labute approximate surface area is 162 Å². The largest absolute Gasteiger partial charge is 0.349 e. The summed E-state index contributed by atoms with van der Waals surface area (Å²) in [6.45, 7) is 7.62. The van der Waals surface area contributed by atoms with Crippen molar-refractivity contribution >= 4 is 54.0 Å². The molecular weight excluding hydrogens is 390 g/mol. The van der Waals surface area contributed by atoms with Gasteiger partial charge in [0.1, 0.15) is 0 Å². The number of benzene rings is 2. The maximum atomic E-state index is 12.7. The van der Waals surface area contributed by atoms with Gasteiger partial charge in [-0.15, -0.1) is 0 Å². The highest BCUT2D eigenvalue weighted by Crippen LogP contribution is 2.32. The quantitative estimate of drug-likeness (QED) is 0.628. The van der Waals surface area contributed by atoms with E-state index in [1.807, 2.05) is 12.1 Å². The van der Waals surface area contributed by atoms with Gasteiger partial charge < -0.3 is 4.90 Å². The van der Waals surface area contributed by atoms with Crippen LogP contribution in [0.15, 0.2) is 41.3 Å². The average molecular weight is 410 g/mol. The molecule has 3 rings (SSSR count). The molecule has 0 aliphatic rings. The Morgan fingerprint density at radius 2 is 1.92 bits per heavy atom. The van der Waals surface area contributed by atoms with Crippen LogP contribution < -0.4 is 9.62 Å². The number of halogens is 1. The van der Waals surface area contributed by atoms with Crippen molar-refractivity contribution in [2.75, 3.05) is 22.7 Å². The number of hydrogen-bond acceptors (Lipinski definition) is 5. The van der Waals surface area contributed by atoms with Crippen LogP contribution >= 0.6 is 22.9 Å². The van der Waals surface area contributed by atoms with Crippen molar-refractivity contribution in [3.63, 3.8) is 0 Å². The fraction of sp³-hybridized carbons (Fsp3) is 0.278. The Kier molecular flexibility index (Phi) is 5.41. The summed E-state index contributed by atoms with van der Waals surface area (Å²) in [5.74, 6) is 0. The molecule has 1 aromatic heterocycles. The van der Waals surface area contributed by atoms with Gasteiger partial charge in [0, 0.05) is 18.1 Å². The van der Waals surface area contributed by atoms with Crippen LogP contribution in [0.1, 0.15) is 19.4 Å².